The molecule has 1 saturated heterocycles. The van der Waals surface area contributed by atoms with E-state index in [2.05, 4.69) is 9.97 Å². The molecule has 1 amide bonds. The summed E-state index contributed by atoms with van der Waals surface area (Å²) in [5.41, 5.74) is 8.65. The first kappa shape index (κ1) is 18.9. The number of hydrogen-bond acceptors (Lipinski definition) is 5. The van der Waals surface area contributed by atoms with E-state index in [0.29, 0.717) is 12.3 Å². The van der Waals surface area contributed by atoms with E-state index >= 15 is 0 Å². The quantitative estimate of drug-likeness (QED) is 0.718. The Morgan fingerprint density at radius 3 is 2.55 bits per heavy atom. The Labute approximate surface area is 170 Å². The number of aromatic nitrogens is 2. The number of carbonyl (C=O) groups excluding carboxylic acids is 1. The highest BCUT2D eigenvalue weighted by Crippen LogP contribution is 2.36. The summed E-state index contributed by atoms with van der Waals surface area (Å²) in [5.74, 6) is 0.860. The zero-order valence-electron chi connectivity index (χ0n) is 16.2. The first-order chi connectivity index (χ1) is 14.2. The highest BCUT2D eigenvalue weighted by atomic mass is 16.5. The molecule has 3 aromatic rings. The van der Waals surface area contributed by atoms with Crippen molar-refractivity contribution in [3.63, 3.8) is 0 Å². The first-order valence-electron chi connectivity index (χ1n) is 9.87. The minimum absolute atomic E-state index is 0.00174. The molecule has 1 aliphatic heterocycles. The molecule has 2 heterocycles. The van der Waals surface area contributed by atoms with Crippen molar-refractivity contribution in [3.05, 3.63) is 72.6 Å². The molecule has 6 heteroatoms. The van der Waals surface area contributed by atoms with Crippen LogP contribution in [0.25, 0.3) is 11.1 Å². The summed E-state index contributed by atoms with van der Waals surface area (Å²) in [5, 5.41) is 0. The van der Waals surface area contributed by atoms with Crippen LogP contribution in [0.5, 0.6) is 5.75 Å². The molecule has 1 aliphatic rings. The largest absolute Gasteiger partial charge is 0.484 e. The van der Waals surface area contributed by atoms with Crippen LogP contribution >= 0.6 is 0 Å². The zero-order chi connectivity index (χ0) is 20.1. The lowest BCUT2D eigenvalue weighted by atomic mass is 9.94. The number of nitrogens with zero attached hydrogens (tertiary/aromatic N) is 3. The fourth-order valence-corrected chi connectivity index (χ4v) is 3.76. The third-order valence-electron chi connectivity index (χ3n) is 5.17. The minimum Gasteiger partial charge on any atom is -0.484 e. The summed E-state index contributed by atoms with van der Waals surface area (Å²) in [6, 6.07) is 19.2. The van der Waals surface area contributed by atoms with Gasteiger partial charge in [-0.2, -0.15) is 0 Å². The molecular weight excluding hydrogens is 364 g/mol. The Balaban J connectivity index is 1.61. The number of anilines is 1. The molecule has 2 aromatic carbocycles. The average molecular weight is 388 g/mol. The lowest BCUT2D eigenvalue weighted by Crippen LogP contribution is -2.41. The van der Waals surface area contributed by atoms with Crippen molar-refractivity contribution in [1.29, 1.82) is 0 Å². The van der Waals surface area contributed by atoms with Crippen molar-refractivity contribution in [2.24, 2.45) is 0 Å². The van der Waals surface area contributed by atoms with Gasteiger partial charge in [0.1, 0.15) is 5.75 Å². The lowest BCUT2D eigenvalue weighted by molar-refractivity contribution is -0.137. The number of carbonyl (C=O) groups is 1. The summed E-state index contributed by atoms with van der Waals surface area (Å²) in [6.07, 6.45) is 4.60. The first-order valence-corrected chi connectivity index (χ1v) is 9.87. The average Bonchev–Trinajstić information content (AvgIpc) is 2.78. The van der Waals surface area contributed by atoms with Gasteiger partial charge in [-0.15, -0.1) is 0 Å². The van der Waals surface area contributed by atoms with Crippen LogP contribution in [0.1, 0.15) is 31.0 Å². The summed E-state index contributed by atoms with van der Waals surface area (Å²) in [7, 11) is 0. The molecule has 29 heavy (non-hydrogen) atoms. The van der Waals surface area contributed by atoms with Crippen LogP contribution in [0, 0.1) is 0 Å². The lowest BCUT2D eigenvalue weighted by Gasteiger charge is -2.36. The molecule has 2 N–H and O–H groups in total. The second-order valence-electron chi connectivity index (χ2n) is 7.09. The molecule has 0 saturated carbocycles. The number of ether oxygens (including phenoxy) is 1. The SMILES string of the molecule is Nc1ncc(-c2ccccc2)c([C@H]2CCCCN2C(=O)COc2ccccc2)n1. The van der Waals surface area contributed by atoms with E-state index in [1.54, 1.807) is 6.20 Å². The molecule has 0 spiro atoms. The fraction of sp³-hybridized carbons (Fsp3) is 0.261. The van der Waals surface area contributed by atoms with Gasteiger partial charge in [0.2, 0.25) is 5.95 Å². The van der Waals surface area contributed by atoms with E-state index < -0.39 is 0 Å². The minimum atomic E-state index is -0.142. The molecule has 148 valence electrons. The Bertz CT molecular complexity index is 963. The van der Waals surface area contributed by atoms with E-state index in [0.717, 1.165) is 36.1 Å². The van der Waals surface area contributed by atoms with Gasteiger partial charge >= 0.3 is 0 Å². The van der Waals surface area contributed by atoms with Crippen LogP contribution < -0.4 is 10.5 Å². The number of piperidine rings is 1. The predicted octanol–water partition coefficient (Wildman–Crippen LogP) is 3.86. The third kappa shape index (κ3) is 4.37. The van der Waals surface area contributed by atoms with Crippen molar-refractivity contribution in [1.82, 2.24) is 14.9 Å². The van der Waals surface area contributed by atoms with E-state index in [9.17, 15) is 4.79 Å². The summed E-state index contributed by atoms with van der Waals surface area (Å²) in [6.45, 7) is 0.682. The maximum absolute atomic E-state index is 13.0. The molecule has 0 bridgehead atoms. The zero-order valence-corrected chi connectivity index (χ0v) is 16.2. The van der Waals surface area contributed by atoms with Crippen molar-refractivity contribution in [2.45, 2.75) is 25.3 Å². The predicted molar refractivity (Wildman–Crippen MR) is 112 cm³/mol. The third-order valence-corrected chi connectivity index (χ3v) is 5.17. The van der Waals surface area contributed by atoms with E-state index in [1.165, 1.54) is 0 Å². The van der Waals surface area contributed by atoms with E-state index in [-0.39, 0.29) is 24.5 Å². The maximum atomic E-state index is 13.0. The highest BCUT2D eigenvalue weighted by molar-refractivity contribution is 5.79. The number of likely N-dealkylation sites (tertiary alicyclic amines) is 1. The van der Waals surface area contributed by atoms with Gasteiger partial charge in [0, 0.05) is 18.3 Å². The van der Waals surface area contributed by atoms with Gasteiger partial charge in [-0.1, -0.05) is 48.5 Å². The van der Waals surface area contributed by atoms with Gasteiger partial charge in [0.25, 0.3) is 5.91 Å². The topological polar surface area (TPSA) is 81.3 Å². The van der Waals surface area contributed by atoms with Crippen LogP contribution in [-0.4, -0.2) is 33.9 Å². The van der Waals surface area contributed by atoms with Crippen LogP contribution in [0.4, 0.5) is 5.95 Å². The molecule has 4 rings (SSSR count). The molecule has 1 atom stereocenters. The number of hydrogen-bond donors (Lipinski definition) is 1. The van der Waals surface area contributed by atoms with Crippen molar-refractivity contribution in [3.8, 4) is 16.9 Å². The van der Waals surface area contributed by atoms with E-state index in [4.69, 9.17) is 10.5 Å². The van der Waals surface area contributed by atoms with Crippen molar-refractivity contribution in [2.75, 3.05) is 18.9 Å². The maximum Gasteiger partial charge on any atom is 0.261 e. The summed E-state index contributed by atoms with van der Waals surface area (Å²) >= 11 is 0. The van der Waals surface area contributed by atoms with Crippen molar-refractivity contribution < 1.29 is 9.53 Å². The monoisotopic (exact) mass is 388 g/mol. The van der Waals surface area contributed by atoms with Gasteiger partial charge in [-0.05, 0) is 37.0 Å². The van der Waals surface area contributed by atoms with Gasteiger partial charge < -0.3 is 15.4 Å². The number of nitrogens with two attached hydrogens (primary N) is 1. The molecule has 0 unspecified atom stereocenters. The van der Waals surface area contributed by atoms with Crippen LogP contribution in [-0.2, 0) is 4.79 Å². The number of benzene rings is 2. The molecule has 0 radical (unpaired) electrons. The Hall–Kier alpha value is -3.41. The van der Waals surface area contributed by atoms with Crippen LogP contribution in [0.3, 0.4) is 0 Å². The summed E-state index contributed by atoms with van der Waals surface area (Å²) < 4.78 is 5.70. The molecular formula is C23H24N4O2. The van der Waals surface area contributed by atoms with E-state index in [1.807, 2.05) is 65.6 Å². The second-order valence-corrected chi connectivity index (χ2v) is 7.09. The number of para-hydroxylation sites is 1. The number of amides is 1. The van der Waals surface area contributed by atoms with Crippen LogP contribution in [0.2, 0.25) is 0 Å². The Kier molecular flexibility index (Phi) is 5.70. The Morgan fingerprint density at radius 2 is 1.79 bits per heavy atom. The van der Waals surface area contributed by atoms with Crippen LogP contribution in [0.15, 0.2) is 66.9 Å². The summed E-state index contributed by atoms with van der Waals surface area (Å²) in [4.78, 5) is 23.6. The Morgan fingerprint density at radius 1 is 1.07 bits per heavy atom. The molecule has 6 nitrogen and oxygen atoms in total. The number of rotatable bonds is 5. The standard InChI is InChI=1S/C23H24N4O2/c24-23-25-15-19(17-9-3-1-4-10-17)22(26-23)20-13-7-8-14-27(20)21(28)16-29-18-11-5-2-6-12-18/h1-6,9-12,15,20H,7-8,13-14,16H2,(H2,24,25,26)/t20-/m1/s1. The highest BCUT2D eigenvalue weighted by Gasteiger charge is 2.31. The number of nitrogen functional groups attached to an aromatic ring is 1. The second kappa shape index (κ2) is 8.73. The van der Waals surface area contributed by atoms with Gasteiger partial charge in [-0.25, -0.2) is 9.97 Å². The fourth-order valence-electron chi connectivity index (χ4n) is 3.76. The molecule has 1 aromatic heterocycles. The smallest absolute Gasteiger partial charge is 0.261 e. The normalized spacial score (nSPS) is 16.4. The molecule has 1 fully saturated rings. The van der Waals surface area contributed by atoms with Gasteiger partial charge in [0.05, 0.1) is 11.7 Å². The molecule has 0 aliphatic carbocycles. The van der Waals surface area contributed by atoms with Crippen molar-refractivity contribution >= 4 is 11.9 Å². The van der Waals surface area contributed by atoms with Gasteiger partial charge in [-0.3, -0.25) is 4.79 Å². The van der Waals surface area contributed by atoms with Gasteiger partial charge in [0.15, 0.2) is 6.61 Å².